The fourth-order valence-corrected chi connectivity index (χ4v) is 4.07. The minimum absolute atomic E-state index is 0.419. The van der Waals surface area contributed by atoms with Gasteiger partial charge in [0.25, 0.3) is 0 Å². The Bertz CT molecular complexity index is 641. The van der Waals surface area contributed by atoms with E-state index < -0.39 is 0 Å². The van der Waals surface area contributed by atoms with Gasteiger partial charge in [-0.1, -0.05) is 54.1 Å². The van der Waals surface area contributed by atoms with Crippen molar-refractivity contribution in [1.82, 2.24) is 10.2 Å². The molecule has 0 aliphatic carbocycles. The van der Waals surface area contributed by atoms with Crippen LogP contribution in [0.1, 0.15) is 28.7 Å². The highest BCUT2D eigenvalue weighted by molar-refractivity contribution is 6.31. The van der Waals surface area contributed by atoms with Crippen LogP contribution in [0.2, 0.25) is 5.02 Å². The van der Waals surface area contributed by atoms with Crippen LogP contribution in [0.4, 0.5) is 0 Å². The molecule has 2 unspecified atom stereocenters. The lowest BCUT2D eigenvalue weighted by Gasteiger charge is -2.44. The van der Waals surface area contributed by atoms with E-state index in [1.165, 1.54) is 16.7 Å². The fourth-order valence-electron chi connectivity index (χ4n) is 3.76. The Morgan fingerprint density at radius 2 is 1.90 bits per heavy atom. The van der Waals surface area contributed by atoms with Gasteiger partial charge in [-0.3, -0.25) is 4.90 Å². The number of hydrogen-bond donors (Lipinski definition) is 1. The summed E-state index contributed by atoms with van der Waals surface area (Å²) < 4.78 is 0. The summed E-state index contributed by atoms with van der Waals surface area (Å²) in [5, 5.41) is 4.42. The normalized spacial score (nSPS) is 25.2. The van der Waals surface area contributed by atoms with Gasteiger partial charge in [-0.2, -0.15) is 0 Å². The van der Waals surface area contributed by atoms with E-state index in [1.54, 1.807) is 0 Å². The first kappa shape index (κ1) is 13.3. The van der Waals surface area contributed by atoms with E-state index in [1.807, 2.05) is 6.07 Å². The lowest BCUT2D eigenvalue weighted by molar-refractivity contribution is 0.143. The molecule has 0 bridgehead atoms. The lowest BCUT2D eigenvalue weighted by Crippen LogP contribution is -2.50. The molecule has 0 aromatic heterocycles. The topological polar surface area (TPSA) is 15.3 Å². The van der Waals surface area contributed by atoms with Crippen molar-refractivity contribution in [2.24, 2.45) is 0 Å². The third-order valence-corrected chi connectivity index (χ3v) is 5.10. The van der Waals surface area contributed by atoms with Crippen molar-refractivity contribution in [1.29, 1.82) is 0 Å². The molecule has 0 spiro atoms. The highest BCUT2D eigenvalue weighted by atomic mass is 35.5. The Kier molecular flexibility index (Phi) is 3.46. The fraction of sp³-hybridized carbons (Fsp3) is 0.333. The first-order valence-electron chi connectivity index (χ1n) is 7.62. The van der Waals surface area contributed by atoms with Crippen LogP contribution in [0.25, 0.3) is 0 Å². The summed E-state index contributed by atoms with van der Waals surface area (Å²) in [5.74, 6) is 0.425. The van der Waals surface area contributed by atoms with Gasteiger partial charge in [-0.05, 0) is 22.8 Å². The molecular formula is C18H19ClN2. The second-order valence-electron chi connectivity index (χ2n) is 5.92. The molecule has 2 nitrogen and oxygen atoms in total. The summed E-state index contributed by atoms with van der Waals surface area (Å²) in [6.45, 7) is 4.25. The zero-order valence-electron chi connectivity index (χ0n) is 11.9. The standard InChI is InChI=1S/C18H19ClN2/c19-16-8-4-7-14-15(13-5-2-1-3-6-13)12-21-10-9-20-11-17(21)18(14)16/h1-8,15,17,20H,9-12H2. The molecule has 108 valence electrons. The summed E-state index contributed by atoms with van der Waals surface area (Å²) in [5.41, 5.74) is 4.11. The van der Waals surface area contributed by atoms with Gasteiger partial charge in [0.1, 0.15) is 0 Å². The van der Waals surface area contributed by atoms with E-state index in [9.17, 15) is 0 Å². The van der Waals surface area contributed by atoms with Crippen LogP contribution < -0.4 is 5.32 Å². The van der Waals surface area contributed by atoms with Crippen LogP contribution in [0.5, 0.6) is 0 Å². The van der Waals surface area contributed by atoms with Crippen LogP contribution >= 0.6 is 11.6 Å². The van der Waals surface area contributed by atoms with Crippen molar-refractivity contribution < 1.29 is 0 Å². The zero-order valence-corrected chi connectivity index (χ0v) is 12.7. The maximum absolute atomic E-state index is 6.56. The highest BCUT2D eigenvalue weighted by Crippen LogP contribution is 2.42. The van der Waals surface area contributed by atoms with Gasteiger partial charge in [0, 0.05) is 43.2 Å². The maximum Gasteiger partial charge on any atom is 0.0491 e. The predicted molar refractivity (Wildman–Crippen MR) is 86.9 cm³/mol. The van der Waals surface area contributed by atoms with Gasteiger partial charge in [0.2, 0.25) is 0 Å². The molecule has 0 saturated carbocycles. The molecule has 0 radical (unpaired) electrons. The molecular weight excluding hydrogens is 280 g/mol. The quantitative estimate of drug-likeness (QED) is 0.868. The molecule has 1 saturated heterocycles. The molecule has 2 aromatic carbocycles. The van der Waals surface area contributed by atoms with Crippen LogP contribution in [0, 0.1) is 0 Å². The SMILES string of the molecule is Clc1cccc2c1C1CNCCN1CC2c1ccccc1. The number of hydrogen-bond acceptors (Lipinski definition) is 2. The molecule has 2 atom stereocenters. The molecule has 4 rings (SSSR count). The Hall–Kier alpha value is -1.35. The Labute approximate surface area is 130 Å². The van der Waals surface area contributed by atoms with Crippen LogP contribution in [0.3, 0.4) is 0 Å². The number of halogens is 1. The largest absolute Gasteiger partial charge is 0.314 e. The van der Waals surface area contributed by atoms with E-state index in [2.05, 4.69) is 52.7 Å². The number of benzene rings is 2. The van der Waals surface area contributed by atoms with Crippen molar-refractivity contribution >= 4 is 11.6 Å². The predicted octanol–water partition coefficient (Wildman–Crippen LogP) is 3.43. The number of nitrogens with zero attached hydrogens (tertiary/aromatic N) is 1. The van der Waals surface area contributed by atoms with Crippen molar-refractivity contribution in [3.8, 4) is 0 Å². The van der Waals surface area contributed by atoms with E-state index in [4.69, 9.17) is 11.6 Å². The summed E-state index contributed by atoms with van der Waals surface area (Å²) in [6.07, 6.45) is 0. The van der Waals surface area contributed by atoms with Gasteiger partial charge in [0.05, 0.1) is 0 Å². The van der Waals surface area contributed by atoms with E-state index in [0.29, 0.717) is 12.0 Å². The Morgan fingerprint density at radius 1 is 1.05 bits per heavy atom. The highest BCUT2D eigenvalue weighted by Gasteiger charge is 2.36. The van der Waals surface area contributed by atoms with Crippen molar-refractivity contribution in [2.75, 3.05) is 26.2 Å². The molecule has 2 aromatic rings. The zero-order chi connectivity index (χ0) is 14.2. The molecule has 2 aliphatic rings. The summed E-state index contributed by atoms with van der Waals surface area (Å²) in [4.78, 5) is 2.59. The second-order valence-corrected chi connectivity index (χ2v) is 6.33. The molecule has 1 fully saturated rings. The number of fused-ring (bicyclic) bond motifs is 3. The summed E-state index contributed by atoms with van der Waals surface area (Å²) in [7, 11) is 0. The van der Waals surface area contributed by atoms with Crippen molar-refractivity contribution in [3.05, 3.63) is 70.2 Å². The minimum Gasteiger partial charge on any atom is -0.314 e. The molecule has 21 heavy (non-hydrogen) atoms. The molecule has 1 N–H and O–H groups in total. The minimum atomic E-state index is 0.419. The molecule has 2 heterocycles. The van der Waals surface area contributed by atoms with Crippen molar-refractivity contribution in [3.63, 3.8) is 0 Å². The summed E-state index contributed by atoms with van der Waals surface area (Å²) >= 11 is 6.56. The van der Waals surface area contributed by atoms with Crippen LogP contribution in [-0.4, -0.2) is 31.1 Å². The monoisotopic (exact) mass is 298 g/mol. The number of nitrogens with one attached hydrogen (secondary N) is 1. The second kappa shape index (κ2) is 5.45. The van der Waals surface area contributed by atoms with E-state index in [0.717, 1.165) is 31.2 Å². The van der Waals surface area contributed by atoms with E-state index >= 15 is 0 Å². The number of piperazine rings is 1. The van der Waals surface area contributed by atoms with Gasteiger partial charge in [0.15, 0.2) is 0 Å². The average molecular weight is 299 g/mol. The first-order chi connectivity index (χ1) is 10.3. The van der Waals surface area contributed by atoms with Gasteiger partial charge in [-0.15, -0.1) is 0 Å². The van der Waals surface area contributed by atoms with E-state index in [-0.39, 0.29) is 0 Å². The van der Waals surface area contributed by atoms with Crippen molar-refractivity contribution in [2.45, 2.75) is 12.0 Å². The van der Waals surface area contributed by atoms with Gasteiger partial charge in [-0.25, -0.2) is 0 Å². The maximum atomic E-state index is 6.56. The number of rotatable bonds is 1. The van der Waals surface area contributed by atoms with Gasteiger partial charge >= 0.3 is 0 Å². The van der Waals surface area contributed by atoms with Crippen LogP contribution in [0.15, 0.2) is 48.5 Å². The summed E-state index contributed by atoms with van der Waals surface area (Å²) in [6, 6.07) is 17.6. The Morgan fingerprint density at radius 3 is 2.76 bits per heavy atom. The first-order valence-corrected chi connectivity index (χ1v) is 8.00. The van der Waals surface area contributed by atoms with Crippen LogP contribution in [-0.2, 0) is 0 Å². The Balaban J connectivity index is 1.85. The third kappa shape index (κ3) is 2.28. The molecule has 0 amide bonds. The smallest absolute Gasteiger partial charge is 0.0491 e. The molecule has 3 heteroatoms. The average Bonchev–Trinajstić information content (AvgIpc) is 2.55. The lowest BCUT2D eigenvalue weighted by atomic mass is 9.80. The molecule has 2 aliphatic heterocycles. The third-order valence-electron chi connectivity index (χ3n) is 4.77. The van der Waals surface area contributed by atoms with Gasteiger partial charge < -0.3 is 5.32 Å².